The topological polar surface area (TPSA) is 43.1 Å². The third kappa shape index (κ3) is 4.15. The fraction of sp³-hybridized carbons (Fsp3) is 0.857. The summed E-state index contributed by atoms with van der Waals surface area (Å²) in [6, 6.07) is -0.278. The molecule has 0 radical (unpaired) electrons. The molecule has 2 nitrogen and oxygen atoms in total. The van der Waals surface area contributed by atoms with E-state index in [0.29, 0.717) is 5.92 Å². The quantitative estimate of drug-likeness (QED) is 0.615. The molecule has 0 bridgehead atoms. The highest BCUT2D eigenvalue weighted by atomic mass is 16.1. The molecule has 0 rings (SSSR count). The van der Waals surface area contributed by atoms with Crippen molar-refractivity contribution in [2.24, 2.45) is 11.6 Å². The van der Waals surface area contributed by atoms with Gasteiger partial charge in [-0.2, -0.15) is 0 Å². The highest BCUT2D eigenvalue weighted by Crippen LogP contribution is 2.02. The van der Waals surface area contributed by atoms with E-state index in [1.807, 2.05) is 13.8 Å². The Labute approximate surface area is 57.9 Å². The average molecular weight is 130 g/mol. The number of hydrogen-bond acceptors (Lipinski definition) is 2. The largest absolute Gasteiger partial charge is 0.322 e. The molecule has 0 fully saturated rings. The molecule has 0 aliphatic heterocycles. The highest BCUT2D eigenvalue weighted by Gasteiger charge is 2.08. The van der Waals surface area contributed by atoms with Gasteiger partial charge in [0.05, 0.1) is 6.04 Å². The van der Waals surface area contributed by atoms with E-state index >= 15 is 0 Å². The summed E-state index contributed by atoms with van der Waals surface area (Å²) < 4.78 is 6.81. The van der Waals surface area contributed by atoms with Crippen LogP contribution in [0.3, 0.4) is 0 Å². The first-order valence-electron chi connectivity index (χ1n) is 3.75. The molecule has 2 N–H and O–H groups in total. The van der Waals surface area contributed by atoms with Crippen LogP contribution in [0.1, 0.15) is 27.2 Å². The molecule has 0 aromatic rings. The first-order chi connectivity index (χ1) is 4.57. The zero-order chi connectivity index (χ0) is 8.15. The standard InChI is InChI=1S/C7H15NO/c1-5(2)4-7(8)6(3)9/h5,7H,4,8H2,1-3H3/t7-/m0/s1/i/hD. The van der Waals surface area contributed by atoms with Gasteiger partial charge in [0, 0.05) is 0 Å². The molecule has 0 aliphatic rings. The predicted molar refractivity (Wildman–Crippen MR) is 38.1 cm³/mol. The molecule has 0 saturated carbocycles. The van der Waals surface area contributed by atoms with Crippen LogP contribution in [-0.2, 0) is 4.79 Å². The molecule has 1 atom stereocenters. The smallest absolute Gasteiger partial charge is 0.146 e. The van der Waals surface area contributed by atoms with Crippen molar-refractivity contribution < 1.29 is 6.21 Å². The molecule has 0 spiro atoms. The second kappa shape index (κ2) is 3.62. The first kappa shape index (κ1) is 6.75. The summed E-state index contributed by atoms with van der Waals surface area (Å²) in [6.45, 7) is 5.58. The van der Waals surface area contributed by atoms with Gasteiger partial charge in [0.1, 0.15) is 7.20 Å². The zero-order valence-electron chi connectivity index (χ0n) is 7.27. The Balaban J connectivity index is 3.72. The van der Waals surface area contributed by atoms with E-state index in [2.05, 4.69) is 5.73 Å². The number of carbonyl (C=O) groups is 1. The third-order valence-electron chi connectivity index (χ3n) is 1.20. The molecule has 0 aromatic heterocycles. The second-order valence-corrected chi connectivity index (χ2v) is 2.79. The van der Waals surface area contributed by atoms with E-state index in [4.69, 9.17) is 1.41 Å². The molecule has 2 heteroatoms. The van der Waals surface area contributed by atoms with Gasteiger partial charge in [0.15, 0.2) is 0 Å². The molecule has 9 heavy (non-hydrogen) atoms. The van der Waals surface area contributed by atoms with E-state index in [9.17, 15) is 4.79 Å². The van der Waals surface area contributed by atoms with Crippen molar-refractivity contribution in [2.75, 3.05) is 0 Å². The van der Waals surface area contributed by atoms with Crippen molar-refractivity contribution in [3.63, 3.8) is 0 Å². The van der Waals surface area contributed by atoms with Gasteiger partial charge in [-0.25, -0.2) is 0 Å². The minimum absolute atomic E-state index is 0.0451. The summed E-state index contributed by atoms with van der Waals surface area (Å²) in [5, 5.41) is 0. The number of rotatable bonds is 4. The molecular formula is C7H15NO. The number of Topliss-reactive ketones (excluding diaryl/α,β-unsaturated/α-hetero) is 1. The van der Waals surface area contributed by atoms with Gasteiger partial charge >= 0.3 is 0 Å². The van der Waals surface area contributed by atoms with Crippen molar-refractivity contribution in [3.8, 4) is 0 Å². The van der Waals surface area contributed by atoms with Crippen LogP contribution in [0.25, 0.3) is 0 Å². The maximum atomic E-state index is 10.7. The van der Waals surface area contributed by atoms with Crippen molar-refractivity contribution in [3.05, 3.63) is 0 Å². The van der Waals surface area contributed by atoms with Crippen LogP contribution in [0, 0.1) is 5.92 Å². The molecule has 0 amide bonds. The lowest BCUT2D eigenvalue weighted by Crippen LogP contribution is -2.29. The Morgan fingerprint density at radius 2 is 2.33 bits per heavy atom. The van der Waals surface area contributed by atoms with Crippen LogP contribution in [0.15, 0.2) is 0 Å². The summed E-state index contributed by atoms with van der Waals surface area (Å²) >= 11 is 0. The molecule has 0 aromatic carbocycles. The summed E-state index contributed by atoms with van der Waals surface area (Å²) in [5.41, 5.74) is 2.23. The van der Waals surface area contributed by atoms with Gasteiger partial charge in [-0.1, -0.05) is 13.8 Å². The van der Waals surface area contributed by atoms with Crippen molar-refractivity contribution in [1.29, 1.82) is 0 Å². The van der Waals surface area contributed by atoms with Gasteiger partial charge in [-0.3, -0.25) is 4.79 Å². The second-order valence-electron chi connectivity index (χ2n) is 2.79. The number of hydrogen-bond donors (Lipinski definition) is 1. The van der Waals surface area contributed by atoms with Crippen molar-refractivity contribution in [2.45, 2.75) is 33.2 Å². The predicted octanol–water partition coefficient (Wildman–Crippen LogP) is 0.949. The maximum absolute atomic E-state index is 10.7. The number of carbonyl (C=O) groups excluding carboxylic acids is 1. The van der Waals surface area contributed by atoms with Crippen LogP contribution >= 0.6 is 0 Å². The normalized spacial score (nSPS) is 15.3. The number of nitrogens with two attached hydrogens (primary N) is 1. The Morgan fingerprint density at radius 3 is 2.44 bits per heavy atom. The summed E-state index contributed by atoms with van der Waals surface area (Å²) in [4.78, 5) is 10.7. The fourth-order valence-electron chi connectivity index (χ4n) is 0.637. The highest BCUT2D eigenvalue weighted by molar-refractivity contribution is 5.81. The molecule has 0 unspecified atom stereocenters. The summed E-state index contributed by atoms with van der Waals surface area (Å²) in [7, 11) is 0. The Hall–Kier alpha value is -0.370. The van der Waals surface area contributed by atoms with E-state index in [1.165, 1.54) is 6.92 Å². The van der Waals surface area contributed by atoms with Gasteiger partial charge < -0.3 is 5.73 Å². The zero-order valence-corrected chi connectivity index (χ0v) is 6.27. The Morgan fingerprint density at radius 1 is 1.78 bits per heavy atom. The molecular weight excluding hydrogens is 114 g/mol. The van der Waals surface area contributed by atoms with Crippen LogP contribution < -0.4 is 5.73 Å². The van der Waals surface area contributed by atoms with Crippen LogP contribution in [0.5, 0.6) is 0 Å². The van der Waals surface area contributed by atoms with Crippen LogP contribution in [-0.4, -0.2) is 11.8 Å². The van der Waals surface area contributed by atoms with Crippen molar-refractivity contribution >= 4 is 5.78 Å². The molecule has 0 saturated heterocycles. The van der Waals surface area contributed by atoms with Crippen LogP contribution in [0.2, 0.25) is 1.41 Å². The molecule has 54 valence electrons. The first-order valence-corrected chi connectivity index (χ1v) is 3.25. The lowest BCUT2D eigenvalue weighted by atomic mass is 10.0. The summed E-state index contributed by atoms with van der Waals surface area (Å²) in [6.07, 6.45) is 0.749. The lowest BCUT2D eigenvalue weighted by molar-refractivity contribution is -0.118. The maximum Gasteiger partial charge on any atom is 0.146 e. The monoisotopic (exact) mass is 130 g/mol. The van der Waals surface area contributed by atoms with Gasteiger partial charge in [-0.05, 0) is 19.3 Å². The van der Waals surface area contributed by atoms with Gasteiger partial charge in [0.25, 0.3) is 0 Å². The lowest BCUT2D eigenvalue weighted by Gasteiger charge is -2.08. The fourth-order valence-corrected chi connectivity index (χ4v) is 0.637. The minimum atomic E-state index is -0.278. The van der Waals surface area contributed by atoms with E-state index in [1.54, 1.807) is 0 Å². The average Bonchev–Trinajstić information content (AvgIpc) is 1.81. The third-order valence-corrected chi connectivity index (χ3v) is 1.20. The number of ketones is 1. The minimum Gasteiger partial charge on any atom is -0.322 e. The Bertz CT molecular complexity index is 114. The van der Waals surface area contributed by atoms with Crippen molar-refractivity contribution in [1.82, 2.24) is 0 Å². The van der Waals surface area contributed by atoms with Gasteiger partial charge in [-0.15, -0.1) is 0 Å². The van der Waals surface area contributed by atoms with E-state index in [0.717, 1.165) is 6.42 Å². The van der Waals surface area contributed by atoms with Crippen LogP contribution in [0.4, 0.5) is 0 Å². The molecule has 0 aliphatic carbocycles. The summed E-state index contributed by atoms with van der Waals surface area (Å²) in [5.74, 6) is 0.510. The van der Waals surface area contributed by atoms with E-state index < -0.39 is 0 Å². The Kier molecular flexibility index (Phi) is 2.71. The molecule has 0 heterocycles. The SMILES string of the molecule is [2H]N[C@@H](CC(C)C)C(C)=O. The van der Waals surface area contributed by atoms with E-state index in [-0.39, 0.29) is 11.8 Å². The van der Waals surface area contributed by atoms with Gasteiger partial charge in [0.2, 0.25) is 0 Å².